The normalized spacial score (nSPS) is 18.3. The largest absolute Gasteiger partial charge is 0.467 e. The maximum absolute atomic E-state index is 14.0. The van der Waals surface area contributed by atoms with Gasteiger partial charge in [-0.1, -0.05) is 30.3 Å². The first kappa shape index (κ1) is 26.8. The number of halogens is 2. The smallest absolute Gasteiger partial charge is 0.415 e. The average molecular weight is 502 g/mol. The number of amidine groups is 1. The maximum atomic E-state index is 14.0. The van der Waals surface area contributed by atoms with Gasteiger partial charge in [-0.3, -0.25) is 9.69 Å². The molecule has 0 fully saturated rings. The molecule has 2 aromatic rings. The number of rotatable bonds is 5. The fourth-order valence-corrected chi connectivity index (χ4v) is 4.13. The average Bonchev–Trinajstić information content (AvgIpc) is 3.20. The molecule has 10 heteroatoms. The molecule has 0 bridgehead atoms. The lowest BCUT2D eigenvalue weighted by atomic mass is 9.91. The van der Waals surface area contributed by atoms with Crippen LogP contribution in [-0.4, -0.2) is 54.0 Å². The number of hydrogen-bond acceptors (Lipinski definition) is 6. The lowest BCUT2D eigenvalue weighted by molar-refractivity contribution is -0.147. The van der Waals surface area contributed by atoms with Crippen LogP contribution in [0.15, 0.2) is 53.5 Å². The zero-order valence-electron chi connectivity index (χ0n) is 21.0. The molecule has 0 saturated carbocycles. The Labute approximate surface area is 208 Å². The van der Waals surface area contributed by atoms with E-state index in [0.717, 1.165) is 21.9 Å². The van der Waals surface area contributed by atoms with Crippen LogP contribution in [-0.2, 0) is 24.6 Å². The number of benzene rings is 2. The standard InChI is InChI=1S/C26H29F2N3O5/c1-16(31(17(2)32)21-13-19(27)12-20(28)14-21)22-29-26(23(33)35-6,18-10-8-7-9-11-18)15-30(22)24(34)36-25(3,4)5/h7-14,16H,15H2,1-6H3. The number of methoxy groups -OCH3 is 1. The Kier molecular flexibility index (Phi) is 7.47. The van der Waals surface area contributed by atoms with Crippen molar-refractivity contribution in [2.75, 3.05) is 18.6 Å². The first-order valence-corrected chi connectivity index (χ1v) is 11.3. The monoisotopic (exact) mass is 501 g/mol. The van der Waals surface area contributed by atoms with Crippen LogP contribution in [0.1, 0.15) is 40.2 Å². The molecule has 1 heterocycles. The Bertz CT molecular complexity index is 1180. The fourth-order valence-electron chi connectivity index (χ4n) is 4.13. The topological polar surface area (TPSA) is 88.5 Å². The SMILES string of the molecule is COC(=O)C1(c2ccccc2)CN(C(=O)OC(C)(C)C)C(C(C)N(C(C)=O)c2cc(F)cc(F)c2)=N1. The van der Waals surface area contributed by atoms with Gasteiger partial charge >= 0.3 is 12.1 Å². The number of aliphatic imine (C=N–C) groups is 1. The van der Waals surface area contributed by atoms with Gasteiger partial charge in [0.2, 0.25) is 11.4 Å². The molecule has 1 aliphatic heterocycles. The first-order chi connectivity index (χ1) is 16.8. The summed E-state index contributed by atoms with van der Waals surface area (Å²) < 4.78 is 38.7. The quantitative estimate of drug-likeness (QED) is 0.566. The third-order valence-corrected chi connectivity index (χ3v) is 5.58. The minimum atomic E-state index is -1.65. The fraction of sp³-hybridized carbons (Fsp3) is 0.385. The van der Waals surface area contributed by atoms with E-state index in [-0.39, 0.29) is 18.1 Å². The number of ether oxygens (including phenoxy) is 2. The van der Waals surface area contributed by atoms with E-state index >= 15 is 0 Å². The third-order valence-electron chi connectivity index (χ3n) is 5.58. The Morgan fingerprint density at radius 1 is 1.08 bits per heavy atom. The van der Waals surface area contributed by atoms with Gasteiger partial charge in [0.25, 0.3) is 0 Å². The number of anilines is 1. The number of carbonyl (C=O) groups is 3. The van der Waals surface area contributed by atoms with E-state index in [1.807, 2.05) is 0 Å². The molecule has 8 nitrogen and oxygen atoms in total. The number of amides is 2. The molecule has 0 saturated heterocycles. The van der Waals surface area contributed by atoms with Crippen LogP contribution in [0.4, 0.5) is 19.3 Å². The molecule has 0 N–H and O–H groups in total. The number of esters is 1. The summed E-state index contributed by atoms with van der Waals surface area (Å²) in [6.07, 6.45) is -0.802. The van der Waals surface area contributed by atoms with Gasteiger partial charge in [0, 0.05) is 13.0 Å². The Morgan fingerprint density at radius 3 is 2.17 bits per heavy atom. The van der Waals surface area contributed by atoms with Crippen molar-refractivity contribution in [3.63, 3.8) is 0 Å². The van der Waals surface area contributed by atoms with Gasteiger partial charge in [0.15, 0.2) is 0 Å². The third kappa shape index (κ3) is 5.37. The predicted molar refractivity (Wildman–Crippen MR) is 129 cm³/mol. The van der Waals surface area contributed by atoms with Crippen LogP contribution in [0.2, 0.25) is 0 Å². The molecule has 0 aromatic heterocycles. The Balaban J connectivity index is 2.20. The van der Waals surface area contributed by atoms with E-state index < -0.39 is 46.8 Å². The molecular weight excluding hydrogens is 472 g/mol. The van der Waals surface area contributed by atoms with Gasteiger partial charge < -0.3 is 14.4 Å². The van der Waals surface area contributed by atoms with Gasteiger partial charge in [0.1, 0.15) is 23.1 Å². The van der Waals surface area contributed by atoms with E-state index in [1.54, 1.807) is 58.0 Å². The van der Waals surface area contributed by atoms with Crippen molar-refractivity contribution in [3.8, 4) is 0 Å². The van der Waals surface area contributed by atoms with Crippen molar-refractivity contribution >= 4 is 29.5 Å². The lowest BCUT2D eigenvalue weighted by Crippen LogP contribution is -2.51. The highest BCUT2D eigenvalue weighted by molar-refractivity contribution is 6.08. The second kappa shape index (κ2) is 10.0. The molecule has 0 aliphatic carbocycles. The summed E-state index contributed by atoms with van der Waals surface area (Å²) in [5, 5.41) is 0. The summed E-state index contributed by atoms with van der Waals surface area (Å²) in [7, 11) is 1.21. The summed E-state index contributed by atoms with van der Waals surface area (Å²) >= 11 is 0. The van der Waals surface area contributed by atoms with Crippen molar-refractivity contribution in [1.82, 2.24) is 4.90 Å². The molecule has 2 unspecified atom stereocenters. The molecular formula is C26H29F2N3O5. The van der Waals surface area contributed by atoms with Crippen molar-refractivity contribution in [3.05, 3.63) is 65.7 Å². The van der Waals surface area contributed by atoms with Crippen molar-refractivity contribution in [1.29, 1.82) is 0 Å². The highest BCUT2D eigenvalue weighted by atomic mass is 19.1. The summed E-state index contributed by atoms with van der Waals surface area (Å²) in [6, 6.07) is 10.2. The highest BCUT2D eigenvalue weighted by Gasteiger charge is 2.52. The summed E-state index contributed by atoms with van der Waals surface area (Å²) in [5.74, 6) is -3.05. The van der Waals surface area contributed by atoms with Gasteiger partial charge in [-0.15, -0.1) is 0 Å². The highest BCUT2D eigenvalue weighted by Crippen LogP contribution is 2.36. The van der Waals surface area contributed by atoms with Gasteiger partial charge in [0.05, 0.1) is 25.4 Å². The van der Waals surface area contributed by atoms with Gasteiger partial charge in [-0.05, 0) is 45.4 Å². The summed E-state index contributed by atoms with van der Waals surface area (Å²) in [4.78, 5) is 46.0. The van der Waals surface area contributed by atoms with Crippen molar-refractivity contribution in [2.24, 2.45) is 4.99 Å². The van der Waals surface area contributed by atoms with Crippen LogP contribution >= 0.6 is 0 Å². The van der Waals surface area contributed by atoms with Crippen LogP contribution in [0, 0.1) is 11.6 Å². The molecule has 2 aromatic carbocycles. The van der Waals surface area contributed by atoms with Crippen LogP contribution in [0.3, 0.4) is 0 Å². The maximum Gasteiger partial charge on any atom is 0.415 e. The molecule has 192 valence electrons. The summed E-state index contributed by atoms with van der Waals surface area (Å²) in [6.45, 7) is 7.55. The summed E-state index contributed by atoms with van der Waals surface area (Å²) in [5.41, 5.74) is -2.14. The molecule has 1 aliphatic rings. The van der Waals surface area contributed by atoms with Crippen LogP contribution < -0.4 is 4.90 Å². The lowest BCUT2D eigenvalue weighted by Gasteiger charge is -2.32. The minimum Gasteiger partial charge on any atom is -0.467 e. The van der Waals surface area contributed by atoms with E-state index in [0.29, 0.717) is 11.6 Å². The van der Waals surface area contributed by atoms with Crippen LogP contribution in [0.25, 0.3) is 0 Å². The molecule has 2 atom stereocenters. The van der Waals surface area contributed by atoms with Crippen molar-refractivity contribution < 1.29 is 32.6 Å². The zero-order valence-corrected chi connectivity index (χ0v) is 21.0. The van der Waals surface area contributed by atoms with E-state index in [2.05, 4.69) is 4.99 Å². The minimum absolute atomic E-state index is 0.00151. The predicted octanol–water partition coefficient (Wildman–Crippen LogP) is 4.42. The van der Waals surface area contributed by atoms with Gasteiger partial charge in [-0.25, -0.2) is 23.4 Å². The number of nitrogens with zero attached hydrogens (tertiary/aromatic N) is 3. The second-order valence-electron chi connectivity index (χ2n) is 9.45. The number of carbonyl (C=O) groups excluding carboxylic acids is 3. The van der Waals surface area contributed by atoms with E-state index in [9.17, 15) is 23.2 Å². The molecule has 36 heavy (non-hydrogen) atoms. The van der Waals surface area contributed by atoms with E-state index in [1.165, 1.54) is 14.0 Å². The Morgan fingerprint density at radius 2 is 1.67 bits per heavy atom. The molecule has 3 rings (SSSR count). The molecule has 0 spiro atoms. The van der Waals surface area contributed by atoms with Gasteiger partial charge in [-0.2, -0.15) is 0 Å². The molecule has 0 radical (unpaired) electrons. The van der Waals surface area contributed by atoms with Crippen LogP contribution in [0.5, 0.6) is 0 Å². The zero-order chi connectivity index (χ0) is 26.8. The van der Waals surface area contributed by atoms with E-state index in [4.69, 9.17) is 9.47 Å². The molecule has 2 amide bonds. The second-order valence-corrected chi connectivity index (χ2v) is 9.45. The number of hydrogen-bond donors (Lipinski definition) is 0. The Hall–Kier alpha value is -3.82. The van der Waals surface area contributed by atoms with Crippen molar-refractivity contribution in [2.45, 2.75) is 51.8 Å². The first-order valence-electron chi connectivity index (χ1n) is 11.3.